The minimum atomic E-state index is -0.282. The first-order valence-corrected chi connectivity index (χ1v) is 11.4. The Morgan fingerprint density at radius 3 is 1.94 bits per heavy atom. The fourth-order valence-electron chi connectivity index (χ4n) is 5.14. The Bertz CT molecular complexity index is 1410. The lowest BCUT2D eigenvalue weighted by Gasteiger charge is -2.22. The molecule has 3 aromatic carbocycles. The first-order chi connectivity index (χ1) is 16.0. The van der Waals surface area contributed by atoms with E-state index in [1.807, 2.05) is 14.1 Å². The summed E-state index contributed by atoms with van der Waals surface area (Å²) in [6.07, 6.45) is 2.19. The van der Waals surface area contributed by atoms with E-state index in [4.69, 9.17) is 4.74 Å². The van der Waals surface area contributed by atoms with Crippen molar-refractivity contribution in [3.8, 4) is 5.75 Å². The number of benzene rings is 3. The second kappa shape index (κ2) is 7.63. The van der Waals surface area contributed by atoms with Crippen molar-refractivity contribution < 1.29 is 13.5 Å². The summed E-state index contributed by atoms with van der Waals surface area (Å²) in [6.45, 7) is 3.07. The summed E-state index contributed by atoms with van der Waals surface area (Å²) in [6, 6.07) is 9.65. The molecule has 0 bridgehead atoms. The SMILES string of the molecule is CN(C)CCOc1c2[nH]c3ccc(F)cc3c2c(N2CCCC2)c2c1[nH]c1ccc(F)cc12. The molecule has 0 amide bonds. The zero-order chi connectivity index (χ0) is 22.7. The molecule has 0 unspecified atom stereocenters. The van der Waals surface area contributed by atoms with Crippen molar-refractivity contribution in [2.75, 3.05) is 45.2 Å². The highest BCUT2D eigenvalue weighted by Crippen LogP contribution is 2.49. The van der Waals surface area contributed by atoms with Crippen LogP contribution in [-0.2, 0) is 0 Å². The van der Waals surface area contributed by atoms with Gasteiger partial charge in [0.25, 0.3) is 0 Å². The molecule has 0 radical (unpaired) electrons. The van der Waals surface area contributed by atoms with Crippen LogP contribution in [0.1, 0.15) is 12.8 Å². The first kappa shape index (κ1) is 20.3. The zero-order valence-corrected chi connectivity index (χ0v) is 18.8. The quantitative estimate of drug-likeness (QED) is 0.359. The number of nitrogens with zero attached hydrogens (tertiary/aromatic N) is 2. The van der Waals surface area contributed by atoms with E-state index in [2.05, 4.69) is 19.8 Å². The van der Waals surface area contributed by atoms with Crippen LogP contribution in [0.2, 0.25) is 0 Å². The molecule has 1 aliphatic heterocycles. The number of rotatable bonds is 5. The van der Waals surface area contributed by atoms with Crippen LogP contribution in [-0.4, -0.2) is 55.2 Å². The monoisotopic (exact) mass is 448 g/mol. The summed E-state index contributed by atoms with van der Waals surface area (Å²) in [7, 11) is 4.00. The van der Waals surface area contributed by atoms with Gasteiger partial charge < -0.3 is 24.5 Å². The highest BCUT2D eigenvalue weighted by Gasteiger charge is 2.27. The highest BCUT2D eigenvalue weighted by atomic mass is 19.1. The van der Waals surface area contributed by atoms with Gasteiger partial charge in [0.15, 0.2) is 5.75 Å². The molecular formula is C26H26F2N4O. The van der Waals surface area contributed by atoms with Gasteiger partial charge in [-0.1, -0.05) is 0 Å². The molecule has 5 nitrogen and oxygen atoms in total. The Kier molecular flexibility index (Phi) is 4.69. The molecule has 0 saturated carbocycles. The Balaban J connectivity index is 1.78. The number of halogens is 2. The molecule has 170 valence electrons. The molecule has 1 aliphatic rings. The van der Waals surface area contributed by atoms with E-state index in [0.29, 0.717) is 12.4 Å². The summed E-state index contributed by atoms with van der Waals surface area (Å²) in [5.41, 5.74) is 4.41. The average Bonchev–Trinajstić information content (AvgIpc) is 3.51. The molecule has 2 aromatic heterocycles. The van der Waals surface area contributed by atoms with E-state index < -0.39 is 0 Å². The van der Waals surface area contributed by atoms with E-state index in [-0.39, 0.29) is 11.6 Å². The van der Waals surface area contributed by atoms with E-state index in [1.54, 1.807) is 24.3 Å². The lowest BCUT2D eigenvalue weighted by molar-refractivity contribution is 0.265. The van der Waals surface area contributed by atoms with E-state index >= 15 is 0 Å². The normalized spacial score (nSPS) is 14.6. The molecule has 0 aliphatic carbocycles. The molecule has 2 N–H and O–H groups in total. The van der Waals surface area contributed by atoms with Gasteiger partial charge in [0.1, 0.15) is 18.2 Å². The van der Waals surface area contributed by atoms with Gasteiger partial charge in [-0.2, -0.15) is 0 Å². The molecule has 1 fully saturated rings. The van der Waals surface area contributed by atoms with Gasteiger partial charge in [-0.3, -0.25) is 0 Å². The molecule has 33 heavy (non-hydrogen) atoms. The fraction of sp³-hybridized carbons (Fsp3) is 0.308. The standard InChI is InChI=1S/C26H26F2N4O/c1-31(2)11-12-33-26-23-21(17-13-15(27)5-7-19(17)29-23)25(32-9-3-4-10-32)22-18-14-16(28)6-8-20(18)30-24(22)26/h5-8,13-14,29-30H,3-4,9-12H2,1-2H3. The Labute approximate surface area is 189 Å². The van der Waals surface area contributed by atoms with E-state index in [0.717, 1.165) is 81.8 Å². The van der Waals surface area contributed by atoms with Crippen molar-refractivity contribution in [1.29, 1.82) is 0 Å². The zero-order valence-electron chi connectivity index (χ0n) is 18.8. The first-order valence-electron chi connectivity index (χ1n) is 11.4. The van der Waals surface area contributed by atoms with Crippen molar-refractivity contribution in [2.24, 2.45) is 0 Å². The lowest BCUT2D eigenvalue weighted by Crippen LogP contribution is -2.20. The number of anilines is 1. The minimum absolute atomic E-state index is 0.282. The summed E-state index contributed by atoms with van der Waals surface area (Å²) in [4.78, 5) is 11.4. The summed E-state index contributed by atoms with van der Waals surface area (Å²) >= 11 is 0. The maximum atomic E-state index is 14.4. The van der Waals surface area contributed by atoms with Crippen molar-refractivity contribution in [2.45, 2.75) is 12.8 Å². The molecule has 0 atom stereocenters. The van der Waals surface area contributed by atoms with Gasteiger partial charge in [0, 0.05) is 52.2 Å². The fourth-order valence-corrected chi connectivity index (χ4v) is 5.14. The molecular weight excluding hydrogens is 422 g/mol. The highest BCUT2D eigenvalue weighted by molar-refractivity contribution is 6.29. The molecule has 6 rings (SSSR count). The predicted octanol–water partition coefficient (Wildman–Crippen LogP) is 5.77. The third-order valence-electron chi connectivity index (χ3n) is 6.66. The van der Waals surface area contributed by atoms with Crippen molar-refractivity contribution in [3.63, 3.8) is 0 Å². The number of aromatic amines is 2. The number of likely N-dealkylation sites (N-methyl/N-ethyl adjacent to an activating group) is 1. The number of H-pyrrole nitrogens is 2. The van der Waals surface area contributed by atoms with Crippen LogP contribution < -0.4 is 9.64 Å². The average molecular weight is 449 g/mol. The van der Waals surface area contributed by atoms with Crippen molar-refractivity contribution in [1.82, 2.24) is 14.9 Å². The maximum absolute atomic E-state index is 14.4. The van der Waals surface area contributed by atoms with Crippen LogP contribution in [0.25, 0.3) is 43.6 Å². The van der Waals surface area contributed by atoms with Gasteiger partial charge in [-0.15, -0.1) is 0 Å². The largest absolute Gasteiger partial charge is 0.488 e. The maximum Gasteiger partial charge on any atom is 0.167 e. The summed E-state index contributed by atoms with van der Waals surface area (Å²) < 4.78 is 35.1. The Hall–Kier alpha value is -3.32. The lowest BCUT2D eigenvalue weighted by atomic mass is 10.0. The third kappa shape index (κ3) is 3.22. The van der Waals surface area contributed by atoms with Gasteiger partial charge in [-0.05, 0) is 63.3 Å². The number of aromatic nitrogens is 2. The number of hydrogen-bond donors (Lipinski definition) is 2. The van der Waals surface area contributed by atoms with Crippen LogP contribution in [0.15, 0.2) is 36.4 Å². The number of fused-ring (bicyclic) bond motifs is 6. The van der Waals surface area contributed by atoms with Crippen LogP contribution in [0.5, 0.6) is 5.75 Å². The number of ether oxygens (including phenoxy) is 1. The van der Waals surface area contributed by atoms with Crippen LogP contribution in [0.3, 0.4) is 0 Å². The Morgan fingerprint density at radius 2 is 1.42 bits per heavy atom. The van der Waals surface area contributed by atoms with E-state index in [9.17, 15) is 8.78 Å². The minimum Gasteiger partial charge on any atom is -0.488 e. The van der Waals surface area contributed by atoms with Gasteiger partial charge in [-0.25, -0.2) is 8.78 Å². The number of hydrogen-bond acceptors (Lipinski definition) is 3. The van der Waals surface area contributed by atoms with Gasteiger partial charge in [0.05, 0.1) is 16.7 Å². The number of nitrogens with one attached hydrogen (secondary N) is 2. The molecule has 3 heterocycles. The van der Waals surface area contributed by atoms with Crippen LogP contribution >= 0.6 is 0 Å². The van der Waals surface area contributed by atoms with Crippen LogP contribution in [0.4, 0.5) is 14.5 Å². The molecule has 0 spiro atoms. The van der Waals surface area contributed by atoms with Gasteiger partial charge >= 0.3 is 0 Å². The van der Waals surface area contributed by atoms with Crippen molar-refractivity contribution in [3.05, 3.63) is 48.0 Å². The predicted molar refractivity (Wildman–Crippen MR) is 131 cm³/mol. The topological polar surface area (TPSA) is 47.3 Å². The molecule has 7 heteroatoms. The molecule has 5 aromatic rings. The Morgan fingerprint density at radius 1 is 0.879 bits per heavy atom. The molecule has 1 saturated heterocycles. The third-order valence-corrected chi connectivity index (χ3v) is 6.66. The second-order valence-electron chi connectivity index (χ2n) is 9.15. The van der Waals surface area contributed by atoms with Crippen molar-refractivity contribution >= 4 is 49.3 Å². The second-order valence-corrected chi connectivity index (χ2v) is 9.15. The van der Waals surface area contributed by atoms with E-state index in [1.165, 1.54) is 12.1 Å². The summed E-state index contributed by atoms with van der Waals surface area (Å²) in [5.74, 6) is 0.129. The van der Waals surface area contributed by atoms with Gasteiger partial charge in [0.2, 0.25) is 0 Å². The van der Waals surface area contributed by atoms with Crippen LogP contribution in [0, 0.1) is 11.6 Å². The smallest absolute Gasteiger partial charge is 0.167 e. The summed E-state index contributed by atoms with van der Waals surface area (Å²) in [5, 5.41) is 3.50.